The first-order chi connectivity index (χ1) is 9.67. The van der Waals surface area contributed by atoms with Crippen LogP contribution in [-0.4, -0.2) is 5.97 Å². The number of carbonyl (C=O) groups excluding carboxylic acids is 1. The summed E-state index contributed by atoms with van der Waals surface area (Å²) in [5, 5.41) is 18.7. The molecule has 0 aromatic heterocycles. The van der Waals surface area contributed by atoms with Crippen LogP contribution < -0.4 is 34.7 Å². The number of carbonyl (C=O) groups is 1. The van der Waals surface area contributed by atoms with Crippen molar-refractivity contribution in [3.05, 3.63) is 59.7 Å². The normalized spacial score (nSPS) is 10.3. The molecule has 2 rings (SSSR count). The predicted octanol–water partition coefficient (Wildman–Crippen LogP) is -0.0392. The van der Waals surface area contributed by atoms with Crippen LogP contribution in [0.4, 0.5) is 11.4 Å². The van der Waals surface area contributed by atoms with Crippen molar-refractivity contribution in [1.29, 1.82) is 0 Å². The largest absolute Gasteiger partial charge is 1.00 e. The Bertz CT molecular complexity index is 607. The Morgan fingerprint density at radius 2 is 1.33 bits per heavy atom. The molecule has 0 unspecified atom stereocenters. The number of aliphatic carboxylic acids is 1. The Hall–Kier alpha value is -1.49. The third-order valence-corrected chi connectivity index (χ3v) is 2.91. The number of hydrogen-bond acceptors (Lipinski definition) is 4. The minimum Gasteiger partial charge on any atom is -0.550 e. The fourth-order valence-corrected chi connectivity index (χ4v) is 1.76. The Labute approximate surface area is 146 Å². The maximum atomic E-state index is 10.5. The zero-order valence-electron chi connectivity index (χ0n) is 12.2. The van der Waals surface area contributed by atoms with Gasteiger partial charge >= 0.3 is 29.6 Å². The van der Waals surface area contributed by atoms with Crippen molar-refractivity contribution in [3.63, 3.8) is 0 Å². The molecule has 102 valence electrons. The van der Waals surface area contributed by atoms with Crippen LogP contribution in [0.15, 0.2) is 58.8 Å². The van der Waals surface area contributed by atoms with E-state index in [1.807, 2.05) is 24.3 Å². The molecule has 4 nitrogen and oxygen atoms in total. The number of carboxylic acid groups (broad SMARTS) is 1. The van der Waals surface area contributed by atoms with Gasteiger partial charge in [-0.3, -0.25) is 0 Å². The Kier molecular flexibility index (Phi) is 7.29. The van der Waals surface area contributed by atoms with Crippen LogP contribution in [0.25, 0.3) is 0 Å². The third-order valence-electron chi connectivity index (χ3n) is 2.91. The van der Waals surface area contributed by atoms with Crippen molar-refractivity contribution in [2.45, 2.75) is 19.8 Å². The van der Waals surface area contributed by atoms with Crippen molar-refractivity contribution < 1.29 is 39.5 Å². The maximum Gasteiger partial charge on any atom is 1.00 e. The molecule has 0 spiro atoms. The Balaban J connectivity index is 0.00000220. The van der Waals surface area contributed by atoms with Crippen LogP contribution in [0, 0.1) is 0 Å². The van der Waals surface area contributed by atoms with Crippen molar-refractivity contribution >= 4 is 17.3 Å². The molecule has 0 atom stereocenters. The second kappa shape index (κ2) is 8.72. The van der Waals surface area contributed by atoms with E-state index in [0.29, 0.717) is 11.3 Å². The minimum atomic E-state index is -1.09. The second-order valence-electron chi connectivity index (χ2n) is 4.44. The topological polar surface area (TPSA) is 64.8 Å². The van der Waals surface area contributed by atoms with Gasteiger partial charge < -0.3 is 9.90 Å². The molecule has 0 aliphatic heterocycles. The molecule has 0 radical (unpaired) electrons. The van der Waals surface area contributed by atoms with Crippen LogP contribution in [0.3, 0.4) is 0 Å². The molecular formula is C16H15N2NaO2. The molecule has 21 heavy (non-hydrogen) atoms. The van der Waals surface area contributed by atoms with Gasteiger partial charge in [-0.05, 0) is 41.8 Å². The summed E-state index contributed by atoms with van der Waals surface area (Å²) in [6, 6.07) is 14.8. The summed E-state index contributed by atoms with van der Waals surface area (Å²) in [6.07, 6.45) is 0.910. The number of nitrogens with zero attached hydrogens (tertiary/aromatic N) is 2. The van der Waals surface area contributed by atoms with Crippen molar-refractivity contribution in [1.82, 2.24) is 0 Å². The van der Waals surface area contributed by atoms with Gasteiger partial charge in [0.15, 0.2) is 0 Å². The van der Waals surface area contributed by atoms with Gasteiger partial charge in [-0.2, -0.15) is 10.2 Å². The van der Waals surface area contributed by atoms with Crippen LogP contribution in [-0.2, 0) is 17.6 Å². The minimum absolute atomic E-state index is 0. The number of hydrogen-bond donors (Lipinski definition) is 0. The van der Waals surface area contributed by atoms with Gasteiger partial charge in [0.05, 0.1) is 11.4 Å². The van der Waals surface area contributed by atoms with E-state index >= 15 is 0 Å². The van der Waals surface area contributed by atoms with Gasteiger partial charge in [-0.15, -0.1) is 0 Å². The van der Waals surface area contributed by atoms with Crippen molar-refractivity contribution in [2.75, 3.05) is 0 Å². The van der Waals surface area contributed by atoms with E-state index in [4.69, 9.17) is 0 Å². The molecule has 0 bridgehead atoms. The molecule has 0 saturated heterocycles. The summed E-state index contributed by atoms with van der Waals surface area (Å²) >= 11 is 0. The van der Waals surface area contributed by atoms with E-state index < -0.39 is 5.97 Å². The maximum absolute atomic E-state index is 10.5. The molecular weight excluding hydrogens is 275 g/mol. The third kappa shape index (κ3) is 5.79. The van der Waals surface area contributed by atoms with E-state index in [-0.39, 0.29) is 36.0 Å². The van der Waals surface area contributed by atoms with Crippen LogP contribution in [0.2, 0.25) is 0 Å². The first kappa shape index (κ1) is 17.6. The average Bonchev–Trinajstić information content (AvgIpc) is 2.46. The van der Waals surface area contributed by atoms with Crippen LogP contribution >= 0.6 is 0 Å². The fourth-order valence-electron chi connectivity index (χ4n) is 1.76. The fraction of sp³-hybridized carbons (Fsp3) is 0.188. The number of rotatable bonds is 5. The summed E-state index contributed by atoms with van der Waals surface area (Å²) in [7, 11) is 0. The van der Waals surface area contributed by atoms with Crippen LogP contribution in [0.1, 0.15) is 18.1 Å². The summed E-state index contributed by atoms with van der Waals surface area (Å²) in [5.74, 6) is -1.09. The average molecular weight is 290 g/mol. The molecule has 0 heterocycles. The number of carboxylic acids is 1. The van der Waals surface area contributed by atoms with Gasteiger partial charge in [0.2, 0.25) is 0 Å². The molecule has 0 saturated carbocycles. The van der Waals surface area contributed by atoms with E-state index in [9.17, 15) is 9.90 Å². The zero-order chi connectivity index (χ0) is 14.4. The second-order valence-corrected chi connectivity index (χ2v) is 4.44. The first-order valence-corrected chi connectivity index (χ1v) is 6.47. The summed E-state index contributed by atoms with van der Waals surface area (Å²) < 4.78 is 0. The van der Waals surface area contributed by atoms with Gasteiger partial charge in [0, 0.05) is 12.4 Å². The van der Waals surface area contributed by atoms with Crippen molar-refractivity contribution in [3.8, 4) is 0 Å². The molecule has 0 fully saturated rings. The molecule has 0 amide bonds. The SMILES string of the molecule is CCc1ccc(N=Nc2ccc(CC(=O)[O-])cc2)cc1.[Na+]. The number of aryl methyl sites for hydroxylation is 1. The molecule has 2 aromatic carbocycles. The Morgan fingerprint density at radius 1 is 0.905 bits per heavy atom. The predicted molar refractivity (Wildman–Crippen MR) is 75.1 cm³/mol. The van der Waals surface area contributed by atoms with Gasteiger partial charge in [0.25, 0.3) is 0 Å². The van der Waals surface area contributed by atoms with E-state index in [1.165, 1.54) is 5.56 Å². The quantitative estimate of drug-likeness (QED) is 0.573. The first-order valence-electron chi connectivity index (χ1n) is 6.47. The molecule has 5 heteroatoms. The smallest absolute Gasteiger partial charge is 0.550 e. The summed E-state index contributed by atoms with van der Waals surface area (Å²) in [4.78, 5) is 10.5. The monoisotopic (exact) mass is 290 g/mol. The molecule has 0 N–H and O–H groups in total. The number of azo groups is 1. The summed E-state index contributed by atoms with van der Waals surface area (Å²) in [5.41, 5.74) is 3.43. The van der Waals surface area contributed by atoms with E-state index in [2.05, 4.69) is 17.2 Å². The summed E-state index contributed by atoms with van der Waals surface area (Å²) in [6.45, 7) is 2.10. The number of benzene rings is 2. The zero-order valence-corrected chi connectivity index (χ0v) is 14.2. The van der Waals surface area contributed by atoms with Crippen molar-refractivity contribution in [2.24, 2.45) is 10.2 Å². The van der Waals surface area contributed by atoms with Gasteiger partial charge in [0.1, 0.15) is 0 Å². The Morgan fingerprint density at radius 3 is 1.71 bits per heavy atom. The molecule has 2 aromatic rings. The van der Waals surface area contributed by atoms with E-state index in [1.54, 1.807) is 24.3 Å². The molecule has 0 aliphatic carbocycles. The van der Waals surface area contributed by atoms with Gasteiger partial charge in [-0.25, -0.2) is 0 Å². The molecule has 0 aliphatic rings. The van der Waals surface area contributed by atoms with E-state index in [0.717, 1.165) is 12.1 Å². The standard InChI is InChI=1S/C16H16N2O2.Na/c1-2-12-3-7-14(8-4-12)17-18-15-9-5-13(6-10-15)11-16(19)20;/h3-10H,2,11H2,1H3,(H,19,20);/q;+1/p-1. The van der Waals surface area contributed by atoms with Gasteiger partial charge in [-0.1, -0.05) is 31.2 Å². The van der Waals surface area contributed by atoms with Crippen LogP contribution in [0.5, 0.6) is 0 Å².